The van der Waals surface area contributed by atoms with E-state index in [0.29, 0.717) is 10.6 Å². The number of benzene rings is 1. The van der Waals surface area contributed by atoms with E-state index in [4.69, 9.17) is 11.6 Å². The third-order valence-corrected chi connectivity index (χ3v) is 5.27. The van der Waals surface area contributed by atoms with Crippen LogP contribution >= 0.6 is 11.6 Å². The van der Waals surface area contributed by atoms with Crippen molar-refractivity contribution >= 4 is 29.0 Å². The number of fused-ring (bicyclic) bond motifs is 1. The molecule has 0 atom stereocenters. The number of nitrogens with one attached hydrogen (secondary N) is 1. The van der Waals surface area contributed by atoms with Crippen LogP contribution in [-0.4, -0.2) is 39.6 Å². The van der Waals surface area contributed by atoms with Crippen molar-refractivity contribution in [3.63, 3.8) is 0 Å². The van der Waals surface area contributed by atoms with Crippen LogP contribution in [0.2, 0.25) is 5.02 Å². The van der Waals surface area contributed by atoms with Crippen LogP contribution in [0.25, 0.3) is 5.65 Å². The molecule has 0 radical (unpaired) electrons. The normalized spacial score (nSPS) is 15.4. The molecule has 1 saturated heterocycles. The molecule has 26 heavy (non-hydrogen) atoms. The highest BCUT2D eigenvalue weighted by Gasteiger charge is 2.23. The van der Waals surface area contributed by atoms with Crippen LogP contribution in [0.1, 0.15) is 28.8 Å². The topological polar surface area (TPSA) is 62.5 Å². The Balaban J connectivity index is 1.40. The molecule has 3 heterocycles. The molecule has 0 bridgehead atoms. The van der Waals surface area contributed by atoms with Gasteiger partial charge in [-0.2, -0.15) is 9.61 Å². The summed E-state index contributed by atoms with van der Waals surface area (Å²) in [4.78, 5) is 19.1. The van der Waals surface area contributed by atoms with Crippen molar-refractivity contribution in [2.75, 3.05) is 18.0 Å². The number of carbonyl (C=O) groups is 1. The van der Waals surface area contributed by atoms with Crippen molar-refractivity contribution in [3.8, 4) is 0 Å². The van der Waals surface area contributed by atoms with E-state index in [1.165, 1.54) is 0 Å². The van der Waals surface area contributed by atoms with Crippen LogP contribution in [0, 0.1) is 6.92 Å². The number of aryl methyl sites for hydroxylation is 1. The minimum Gasteiger partial charge on any atom is -0.356 e. The van der Waals surface area contributed by atoms with Gasteiger partial charge in [-0.15, -0.1) is 0 Å². The van der Waals surface area contributed by atoms with Crippen LogP contribution in [0.3, 0.4) is 0 Å². The first-order valence-corrected chi connectivity index (χ1v) is 9.10. The predicted octanol–water partition coefficient (Wildman–Crippen LogP) is 3.09. The molecular weight excluding hydrogens is 350 g/mol. The van der Waals surface area contributed by atoms with E-state index in [9.17, 15) is 4.79 Å². The molecule has 134 valence electrons. The van der Waals surface area contributed by atoms with E-state index in [2.05, 4.69) is 20.3 Å². The third kappa shape index (κ3) is 3.24. The Labute approximate surface area is 156 Å². The lowest BCUT2D eigenvalue weighted by atomic mass is 10.0. The second-order valence-corrected chi connectivity index (χ2v) is 7.01. The number of aromatic nitrogens is 3. The van der Waals surface area contributed by atoms with Gasteiger partial charge >= 0.3 is 0 Å². The van der Waals surface area contributed by atoms with Crippen molar-refractivity contribution in [2.45, 2.75) is 25.8 Å². The average molecular weight is 370 g/mol. The molecule has 7 heteroatoms. The lowest BCUT2D eigenvalue weighted by Gasteiger charge is -2.33. The number of piperidine rings is 1. The van der Waals surface area contributed by atoms with Crippen LogP contribution in [0.5, 0.6) is 0 Å². The summed E-state index contributed by atoms with van der Waals surface area (Å²) in [6.07, 6.45) is 5.35. The average Bonchev–Trinajstić information content (AvgIpc) is 3.13. The molecule has 0 saturated carbocycles. The maximum Gasteiger partial charge on any atom is 0.251 e. The van der Waals surface area contributed by atoms with Gasteiger partial charge in [-0.25, -0.2) is 4.98 Å². The summed E-state index contributed by atoms with van der Waals surface area (Å²) in [5, 5.41) is 8.17. The fourth-order valence-electron chi connectivity index (χ4n) is 3.37. The van der Waals surface area contributed by atoms with E-state index in [-0.39, 0.29) is 11.9 Å². The second kappa shape index (κ2) is 6.96. The summed E-state index contributed by atoms with van der Waals surface area (Å²) < 4.78 is 1.86. The zero-order valence-electron chi connectivity index (χ0n) is 14.5. The van der Waals surface area contributed by atoms with Crippen molar-refractivity contribution in [3.05, 3.63) is 58.9 Å². The number of hydrogen-bond acceptors (Lipinski definition) is 4. The SMILES string of the molecule is Cc1cc(C(=O)NC2CCN(c3ccnc4ccnn34)CC2)ccc1Cl. The summed E-state index contributed by atoms with van der Waals surface area (Å²) in [7, 11) is 0. The molecule has 1 fully saturated rings. The lowest BCUT2D eigenvalue weighted by Crippen LogP contribution is -2.45. The maximum absolute atomic E-state index is 12.5. The number of carbonyl (C=O) groups excluding carboxylic acids is 1. The fourth-order valence-corrected chi connectivity index (χ4v) is 3.49. The Morgan fingerprint density at radius 1 is 1.19 bits per heavy atom. The molecule has 2 aromatic heterocycles. The summed E-state index contributed by atoms with van der Waals surface area (Å²) in [6, 6.07) is 9.42. The van der Waals surface area contributed by atoms with Gasteiger partial charge in [0.25, 0.3) is 5.91 Å². The predicted molar refractivity (Wildman–Crippen MR) is 102 cm³/mol. The Bertz CT molecular complexity index is 946. The van der Waals surface area contributed by atoms with E-state index in [0.717, 1.165) is 43.0 Å². The largest absolute Gasteiger partial charge is 0.356 e. The van der Waals surface area contributed by atoms with Gasteiger partial charge in [0.2, 0.25) is 0 Å². The van der Waals surface area contributed by atoms with Gasteiger partial charge in [0.1, 0.15) is 5.82 Å². The molecular formula is C19H20ClN5O. The van der Waals surface area contributed by atoms with Gasteiger partial charge in [-0.3, -0.25) is 4.79 Å². The highest BCUT2D eigenvalue weighted by atomic mass is 35.5. The molecule has 0 spiro atoms. The number of rotatable bonds is 3. The van der Waals surface area contributed by atoms with E-state index in [1.54, 1.807) is 18.3 Å². The summed E-state index contributed by atoms with van der Waals surface area (Å²) in [5.41, 5.74) is 2.41. The van der Waals surface area contributed by atoms with Crippen molar-refractivity contribution < 1.29 is 4.79 Å². The molecule has 1 N–H and O–H groups in total. The monoisotopic (exact) mass is 369 g/mol. The Kier molecular flexibility index (Phi) is 4.51. The standard InChI is InChI=1S/C19H20ClN5O/c1-13-12-14(2-3-16(13)20)19(26)23-15-6-10-24(11-7-15)18-5-8-21-17-4-9-22-25(17)18/h2-5,8-9,12,15H,6-7,10-11H2,1H3,(H,23,26). The number of amides is 1. The maximum atomic E-state index is 12.5. The molecule has 1 aliphatic rings. The summed E-state index contributed by atoms with van der Waals surface area (Å²) >= 11 is 6.04. The van der Waals surface area contributed by atoms with Gasteiger partial charge in [0, 0.05) is 42.0 Å². The Hall–Kier alpha value is -2.60. The third-order valence-electron chi connectivity index (χ3n) is 4.84. The van der Waals surface area contributed by atoms with E-state index < -0.39 is 0 Å². The van der Waals surface area contributed by atoms with Gasteiger partial charge in [0.05, 0.1) is 6.20 Å². The molecule has 0 aliphatic carbocycles. The number of halogens is 1. The number of hydrogen-bond donors (Lipinski definition) is 1. The van der Waals surface area contributed by atoms with Gasteiger partial charge < -0.3 is 10.2 Å². The smallest absolute Gasteiger partial charge is 0.251 e. The Morgan fingerprint density at radius 3 is 2.77 bits per heavy atom. The first-order chi connectivity index (χ1) is 12.6. The van der Waals surface area contributed by atoms with Crippen molar-refractivity contribution in [1.29, 1.82) is 0 Å². The van der Waals surface area contributed by atoms with Crippen LogP contribution in [0.15, 0.2) is 42.7 Å². The van der Waals surface area contributed by atoms with Crippen molar-refractivity contribution in [1.82, 2.24) is 19.9 Å². The van der Waals surface area contributed by atoms with E-state index in [1.807, 2.05) is 35.8 Å². The molecule has 3 aromatic rings. The number of nitrogens with zero attached hydrogens (tertiary/aromatic N) is 4. The zero-order chi connectivity index (χ0) is 18.1. The molecule has 1 aliphatic heterocycles. The minimum absolute atomic E-state index is 0.0402. The first-order valence-electron chi connectivity index (χ1n) is 8.72. The summed E-state index contributed by atoms with van der Waals surface area (Å²) in [6.45, 7) is 3.63. The highest BCUT2D eigenvalue weighted by molar-refractivity contribution is 6.31. The Morgan fingerprint density at radius 2 is 2.00 bits per heavy atom. The molecule has 1 amide bonds. The van der Waals surface area contributed by atoms with Crippen LogP contribution in [-0.2, 0) is 0 Å². The quantitative estimate of drug-likeness (QED) is 0.770. The van der Waals surface area contributed by atoms with E-state index >= 15 is 0 Å². The molecule has 6 nitrogen and oxygen atoms in total. The fraction of sp³-hybridized carbons (Fsp3) is 0.316. The molecule has 0 unspecified atom stereocenters. The zero-order valence-corrected chi connectivity index (χ0v) is 15.3. The summed E-state index contributed by atoms with van der Waals surface area (Å²) in [5.74, 6) is 1.000. The lowest BCUT2D eigenvalue weighted by molar-refractivity contribution is 0.0931. The molecule has 4 rings (SSSR count). The van der Waals surface area contributed by atoms with Crippen LogP contribution < -0.4 is 10.2 Å². The molecule has 1 aromatic carbocycles. The van der Waals surface area contributed by atoms with Crippen LogP contribution in [0.4, 0.5) is 5.82 Å². The minimum atomic E-state index is -0.0402. The number of anilines is 1. The van der Waals surface area contributed by atoms with Gasteiger partial charge in [-0.1, -0.05) is 11.6 Å². The van der Waals surface area contributed by atoms with Gasteiger partial charge in [0.15, 0.2) is 5.65 Å². The highest BCUT2D eigenvalue weighted by Crippen LogP contribution is 2.21. The van der Waals surface area contributed by atoms with Gasteiger partial charge in [-0.05, 0) is 49.6 Å². The van der Waals surface area contributed by atoms with Crippen molar-refractivity contribution in [2.24, 2.45) is 0 Å². The first kappa shape index (κ1) is 16.8. The second-order valence-electron chi connectivity index (χ2n) is 6.60.